The van der Waals surface area contributed by atoms with Crippen molar-refractivity contribution < 1.29 is 23.0 Å². The Bertz CT molecular complexity index is 398. The zero-order valence-electron chi connectivity index (χ0n) is 9.59. The Hall–Kier alpha value is -1.14. The molecule has 0 fully saturated rings. The van der Waals surface area contributed by atoms with E-state index < -0.39 is 17.8 Å². The topological polar surface area (TPSA) is 41.5 Å². The molecular formula is C11H13ClF3NO2. The Labute approximate surface area is 108 Å². The van der Waals surface area contributed by atoms with Crippen LogP contribution in [-0.4, -0.2) is 30.7 Å². The van der Waals surface area contributed by atoms with Gasteiger partial charge in [-0.25, -0.2) is 0 Å². The Morgan fingerprint density at radius 2 is 2.11 bits per heavy atom. The Kier molecular flexibility index (Phi) is 5.10. The fraction of sp³-hybridized carbons (Fsp3) is 0.455. The van der Waals surface area contributed by atoms with Gasteiger partial charge in [-0.05, 0) is 18.2 Å². The summed E-state index contributed by atoms with van der Waals surface area (Å²) in [6.07, 6.45) is -5.31. The van der Waals surface area contributed by atoms with Crippen LogP contribution in [0.1, 0.15) is 5.56 Å². The van der Waals surface area contributed by atoms with E-state index >= 15 is 0 Å². The van der Waals surface area contributed by atoms with Gasteiger partial charge >= 0.3 is 6.18 Å². The standard InChI is InChI=1S/C11H13ClF3NO2/c1-18-10-3-2-7(16-6-8(17)5-12)4-9(10)11(13,14)15/h2-4,8,16-17H,5-6H2,1H3. The van der Waals surface area contributed by atoms with Crippen LogP contribution in [0, 0.1) is 0 Å². The molecule has 0 aliphatic carbocycles. The third-order valence-electron chi connectivity index (χ3n) is 2.22. The first-order chi connectivity index (χ1) is 8.38. The van der Waals surface area contributed by atoms with Crippen molar-refractivity contribution in [1.82, 2.24) is 0 Å². The van der Waals surface area contributed by atoms with Gasteiger partial charge in [0.2, 0.25) is 0 Å². The first kappa shape index (κ1) is 14.9. The number of anilines is 1. The fourth-order valence-corrected chi connectivity index (χ4v) is 1.44. The highest BCUT2D eigenvalue weighted by Crippen LogP contribution is 2.37. The average Bonchev–Trinajstić information content (AvgIpc) is 2.34. The lowest BCUT2D eigenvalue weighted by molar-refractivity contribution is -0.138. The number of methoxy groups -OCH3 is 1. The molecule has 0 bridgehead atoms. The van der Waals surface area contributed by atoms with E-state index in [9.17, 15) is 18.3 Å². The smallest absolute Gasteiger partial charge is 0.420 e. The number of halogens is 4. The third kappa shape index (κ3) is 3.96. The molecule has 1 rings (SSSR count). The van der Waals surface area contributed by atoms with Gasteiger partial charge in [0.25, 0.3) is 0 Å². The molecule has 1 aromatic carbocycles. The van der Waals surface area contributed by atoms with Crippen LogP contribution in [0.15, 0.2) is 18.2 Å². The molecule has 1 atom stereocenters. The van der Waals surface area contributed by atoms with E-state index in [0.717, 1.165) is 6.07 Å². The number of aliphatic hydroxyl groups is 1. The van der Waals surface area contributed by atoms with E-state index in [1.54, 1.807) is 0 Å². The molecular weight excluding hydrogens is 271 g/mol. The molecule has 0 aliphatic rings. The molecule has 0 heterocycles. The molecule has 7 heteroatoms. The lowest BCUT2D eigenvalue weighted by Gasteiger charge is -2.15. The Morgan fingerprint density at radius 1 is 1.44 bits per heavy atom. The van der Waals surface area contributed by atoms with Crippen molar-refractivity contribution in [2.75, 3.05) is 24.9 Å². The number of hydrogen-bond acceptors (Lipinski definition) is 3. The molecule has 0 aromatic heterocycles. The second-order valence-corrected chi connectivity index (χ2v) is 3.91. The van der Waals surface area contributed by atoms with Gasteiger partial charge in [0.15, 0.2) is 0 Å². The van der Waals surface area contributed by atoms with Crippen molar-refractivity contribution in [3.8, 4) is 5.75 Å². The molecule has 0 amide bonds. The number of alkyl halides is 4. The Balaban J connectivity index is 2.90. The second kappa shape index (κ2) is 6.15. The van der Waals surface area contributed by atoms with Crippen molar-refractivity contribution in [2.45, 2.75) is 12.3 Å². The predicted octanol–water partition coefficient (Wildman–Crippen LogP) is 2.73. The van der Waals surface area contributed by atoms with Crippen molar-refractivity contribution >= 4 is 17.3 Å². The summed E-state index contributed by atoms with van der Waals surface area (Å²) in [7, 11) is 1.18. The van der Waals surface area contributed by atoms with E-state index in [1.807, 2.05) is 0 Å². The fourth-order valence-electron chi connectivity index (χ4n) is 1.33. The zero-order chi connectivity index (χ0) is 13.8. The van der Waals surface area contributed by atoms with E-state index in [1.165, 1.54) is 19.2 Å². The molecule has 1 unspecified atom stereocenters. The average molecular weight is 284 g/mol. The summed E-state index contributed by atoms with van der Waals surface area (Å²) in [4.78, 5) is 0. The van der Waals surface area contributed by atoms with Crippen molar-refractivity contribution in [1.29, 1.82) is 0 Å². The van der Waals surface area contributed by atoms with Crippen molar-refractivity contribution in [3.05, 3.63) is 23.8 Å². The molecule has 0 radical (unpaired) electrons. The van der Waals surface area contributed by atoms with Gasteiger partial charge in [-0.3, -0.25) is 0 Å². The summed E-state index contributed by atoms with van der Waals surface area (Å²) in [6.45, 7) is 0.0765. The number of benzene rings is 1. The number of aliphatic hydroxyl groups excluding tert-OH is 1. The predicted molar refractivity (Wildman–Crippen MR) is 63.2 cm³/mol. The number of rotatable bonds is 5. The summed E-state index contributed by atoms with van der Waals surface area (Å²) < 4.78 is 42.8. The summed E-state index contributed by atoms with van der Waals surface area (Å²) in [5, 5.41) is 11.9. The van der Waals surface area contributed by atoms with Gasteiger partial charge < -0.3 is 15.2 Å². The normalized spacial score (nSPS) is 13.2. The third-order valence-corrected chi connectivity index (χ3v) is 2.58. The largest absolute Gasteiger partial charge is 0.496 e. The summed E-state index contributed by atoms with van der Waals surface area (Å²) in [5.74, 6) is -0.235. The summed E-state index contributed by atoms with van der Waals surface area (Å²) in [5.41, 5.74) is -0.623. The number of nitrogens with one attached hydrogen (secondary N) is 1. The molecule has 2 N–H and O–H groups in total. The van der Waals surface area contributed by atoms with Crippen molar-refractivity contribution in [3.63, 3.8) is 0 Å². The van der Waals surface area contributed by atoms with Crippen LogP contribution in [0.3, 0.4) is 0 Å². The maximum absolute atomic E-state index is 12.7. The van der Waals surface area contributed by atoms with E-state index in [4.69, 9.17) is 11.6 Å². The highest BCUT2D eigenvalue weighted by molar-refractivity contribution is 6.18. The minimum Gasteiger partial charge on any atom is -0.496 e. The van der Waals surface area contributed by atoms with Crippen LogP contribution in [0.25, 0.3) is 0 Å². The van der Waals surface area contributed by atoms with Crippen LogP contribution < -0.4 is 10.1 Å². The number of ether oxygens (including phenoxy) is 1. The first-order valence-corrected chi connectivity index (χ1v) is 5.65. The second-order valence-electron chi connectivity index (χ2n) is 3.60. The molecule has 102 valence electrons. The molecule has 18 heavy (non-hydrogen) atoms. The monoisotopic (exact) mass is 283 g/mol. The van der Waals surface area contributed by atoms with Crippen LogP contribution in [0.2, 0.25) is 0 Å². The lowest BCUT2D eigenvalue weighted by atomic mass is 10.1. The molecule has 0 spiro atoms. The van der Waals surface area contributed by atoms with Gasteiger partial charge in [-0.2, -0.15) is 13.2 Å². The van der Waals surface area contributed by atoms with E-state index in [-0.39, 0.29) is 23.9 Å². The highest BCUT2D eigenvalue weighted by Gasteiger charge is 2.34. The Morgan fingerprint density at radius 3 is 2.61 bits per heavy atom. The minimum absolute atomic E-state index is 0.00921. The van der Waals surface area contributed by atoms with E-state index in [0.29, 0.717) is 0 Å². The molecule has 0 saturated carbocycles. The van der Waals surface area contributed by atoms with Crippen LogP contribution in [-0.2, 0) is 6.18 Å². The van der Waals surface area contributed by atoms with Gasteiger partial charge in [-0.1, -0.05) is 0 Å². The van der Waals surface area contributed by atoms with Crippen LogP contribution >= 0.6 is 11.6 Å². The van der Waals surface area contributed by atoms with Crippen molar-refractivity contribution in [2.24, 2.45) is 0 Å². The minimum atomic E-state index is -4.49. The van der Waals surface area contributed by atoms with Gasteiger partial charge in [0.1, 0.15) is 5.75 Å². The van der Waals surface area contributed by atoms with Crippen LogP contribution in [0.4, 0.5) is 18.9 Å². The zero-order valence-corrected chi connectivity index (χ0v) is 10.3. The molecule has 0 aliphatic heterocycles. The van der Waals surface area contributed by atoms with Gasteiger partial charge in [0, 0.05) is 12.2 Å². The molecule has 0 saturated heterocycles. The van der Waals surface area contributed by atoms with Gasteiger partial charge in [0.05, 0.1) is 24.7 Å². The quantitative estimate of drug-likeness (QED) is 0.817. The first-order valence-electron chi connectivity index (χ1n) is 5.11. The van der Waals surface area contributed by atoms with Crippen LogP contribution in [0.5, 0.6) is 5.75 Å². The lowest BCUT2D eigenvalue weighted by Crippen LogP contribution is -2.21. The molecule has 1 aromatic rings. The van der Waals surface area contributed by atoms with E-state index in [2.05, 4.69) is 10.1 Å². The number of hydrogen-bond donors (Lipinski definition) is 2. The maximum Gasteiger partial charge on any atom is 0.420 e. The SMILES string of the molecule is COc1ccc(NCC(O)CCl)cc1C(F)(F)F. The summed E-state index contributed by atoms with van der Waals surface area (Å²) in [6, 6.07) is 3.59. The summed E-state index contributed by atoms with van der Waals surface area (Å²) >= 11 is 5.38. The van der Waals surface area contributed by atoms with Gasteiger partial charge in [-0.15, -0.1) is 11.6 Å². The highest BCUT2D eigenvalue weighted by atomic mass is 35.5. The maximum atomic E-state index is 12.7. The molecule has 3 nitrogen and oxygen atoms in total.